The first kappa shape index (κ1) is 19.4. The highest BCUT2D eigenvalue weighted by Crippen LogP contribution is 2.19. The summed E-state index contributed by atoms with van der Waals surface area (Å²) in [5.41, 5.74) is 0. The fraction of sp³-hybridized carbons (Fsp3) is 0.263. The molecule has 0 aromatic heterocycles. The molecule has 0 bridgehead atoms. The molecule has 0 unspecified atom stereocenters. The van der Waals surface area contributed by atoms with Crippen LogP contribution >= 0.6 is 0 Å². The zero-order chi connectivity index (χ0) is 18.7. The summed E-state index contributed by atoms with van der Waals surface area (Å²) in [5.74, 6) is 23.8. The molecule has 1 aliphatic rings. The minimum absolute atomic E-state index is 0. The summed E-state index contributed by atoms with van der Waals surface area (Å²) in [4.78, 5) is 22.7. The minimum Gasteiger partial charge on any atom is -0.454 e. The van der Waals surface area contributed by atoms with E-state index in [1.54, 1.807) is 0 Å². The van der Waals surface area contributed by atoms with Crippen LogP contribution in [0.4, 0.5) is 0 Å². The Bertz CT molecular complexity index is 928. The van der Waals surface area contributed by atoms with Gasteiger partial charge in [0.1, 0.15) is 6.10 Å². The SMILES string of the molecule is C#CC#CC#CC#CC#CC#CCC(=O)[C@H](O)[C@H]1OC(=O)[C@@H](O)[C@H]1O.[HH].[HH].[HH].[HH].[HH].[HH].[HH].[HH].[HH].[HH].[HH]. The molecule has 25 heavy (non-hydrogen) atoms. The summed E-state index contributed by atoms with van der Waals surface area (Å²) in [6.45, 7) is 0. The number of terminal acetylenes is 1. The number of hydrogen-bond acceptors (Lipinski definition) is 6. The second-order valence-corrected chi connectivity index (χ2v) is 4.37. The normalized spacial score (nSPS) is 20.7. The summed E-state index contributed by atoms with van der Waals surface area (Å²) in [5, 5.41) is 28.4. The van der Waals surface area contributed by atoms with Gasteiger partial charge in [0.15, 0.2) is 24.1 Å². The predicted molar refractivity (Wildman–Crippen MR) is 108 cm³/mol. The summed E-state index contributed by atoms with van der Waals surface area (Å²) >= 11 is 0. The van der Waals surface area contributed by atoms with E-state index in [9.17, 15) is 24.9 Å². The Morgan fingerprint density at radius 3 is 2.08 bits per heavy atom. The number of Topliss-reactive ketones (excluding diaryl/α,β-unsaturated/α-hetero) is 1. The van der Waals surface area contributed by atoms with Gasteiger partial charge in [0.05, 0.1) is 6.42 Å². The lowest BCUT2D eigenvalue weighted by Crippen LogP contribution is -2.42. The van der Waals surface area contributed by atoms with Crippen LogP contribution in [-0.2, 0) is 14.3 Å². The van der Waals surface area contributed by atoms with E-state index in [0.29, 0.717) is 0 Å². The molecule has 4 atom stereocenters. The van der Waals surface area contributed by atoms with Crippen LogP contribution in [0.1, 0.15) is 22.1 Å². The van der Waals surface area contributed by atoms with Crippen LogP contribution < -0.4 is 0 Å². The van der Waals surface area contributed by atoms with Gasteiger partial charge in [-0.3, -0.25) is 4.79 Å². The number of hydrogen-bond donors (Lipinski definition) is 3. The Hall–Kier alpha value is -3.62. The highest BCUT2D eigenvalue weighted by Gasteiger charge is 2.47. The van der Waals surface area contributed by atoms with Crippen LogP contribution in [0.15, 0.2) is 0 Å². The molecule has 1 aliphatic heterocycles. The van der Waals surface area contributed by atoms with Crippen LogP contribution in [0.25, 0.3) is 0 Å². The molecule has 1 saturated heterocycles. The number of rotatable bonds is 3. The molecule has 0 aromatic rings. The maximum Gasteiger partial charge on any atom is 0.338 e. The van der Waals surface area contributed by atoms with E-state index in [-0.39, 0.29) is 22.1 Å². The molecule has 6 heteroatoms. The predicted octanol–water partition coefficient (Wildman–Crippen LogP) is 0.310. The van der Waals surface area contributed by atoms with Crippen molar-refractivity contribution in [1.82, 2.24) is 0 Å². The van der Waals surface area contributed by atoms with Crippen molar-refractivity contribution in [2.75, 3.05) is 0 Å². The molecule has 144 valence electrons. The van der Waals surface area contributed by atoms with Gasteiger partial charge in [-0.1, -0.05) is 5.92 Å². The Morgan fingerprint density at radius 2 is 1.60 bits per heavy atom. The molecule has 0 aromatic carbocycles. The Morgan fingerprint density at radius 1 is 1.08 bits per heavy atom. The molecule has 1 fully saturated rings. The third-order valence-corrected chi connectivity index (χ3v) is 2.72. The highest BCUT2D eigenvalue weighted by molar-refractivity contribution is 5.87. The van der Waals surface area contributed by atoms with E-state index in [4.69, 9.17) is 6.42 Å². The smallest absolute Gasteiger partial charge is 0.338 e. The van der Waals surface area contributed by atoms with Crippen molar-refractivity contribution in [2.24, 2.45) is 0 Å². The van der Waals surface area contributed by atoms with Gasteiger partial charge in [0.25, 0.3) is 0 Å². The van der Waals surface area contributed by atoms with Gasteiger partial charge in [-0.05, 0) is 59.2 Å². The van der Waals surface area contributed by atoms with Crippen molar-refractivity contribution in [3.05, 3.63) is 0 Å². The third kappa shape index (κ3) is 6.18. The highest BCUT2D eigenvalue weighted by atomic mass is 16.6. The fourth-order valence-corrected chi connectivity index (χ4v) is 1.56. The van der Waals surface area contributed by atoms with Crippen LogP contribution in [-0.4, -0.2) is 51.5 Å². The summed E-state index contributed by atoms with van der Waals surface area (Å²) in [6, 6.07) is 0. The lowest BCUT2D eigenvalue weighted by Gasteiger charge is -2.17. The first-order valence-electron chi connectivity index (χ1n) is 6.70. The number of cyclic esters (lactones) is 1. The number of aliphatic hydroxyl groups excluding tert-OH is 3. The van der Waals surface area contributed by atoms with Crippen molar-refractivity contribution >= 4 is 11.8 Å². The number of aliphatic hydroxyl groups is 3. The van der Waals surface area contributed by atoms with Gasteiger partial charge in [-0.25, -0.2) is 4.79 Å². The molecule has 0 aliphatic carbocycles. The maximum absolute atomic E-state index is 11.7. The van der Waals surface area contributed by atoms with Crippen molar-refractivity contribution in [3.63, 3.8) is 0 Å². The number of ether oxygens (including phenoxy) is 1. The van der Waals surface area contributed by atoms with Gasteiger partial charge in [-0.15, -0.1) is 6.42 Å². The van der Waals surface area contributed by atoms with Gasteiger partial charge in [-0.2, -0.15) is 0 Å². The number of esters is 1. The molecule has 0 amide bonds. The Balaban J connectivity index is -0.0000000631. The van der Waals surface area contributed by atoms with Gasteiger partial charge < -0.3 is 20.1 Å². The van der Waals surface area contributed by atoms with Crippen molar-refractivity contribution in [3.8, 4) is 71.5 Å². The maximum atomic E-state index is 11.7. The quantitative estimate of drug-likeness (QED) is 0.497. The van der Waals surface area contributed by atoms with Crippen LogP contribution in [0.2, 0.25) is 0 Å². The lowest BCUT2D eigenvalue weighted by molar-refractivity contribution is -0.153. The third-order valence-electron chi connectivity index (χ3n) is 2.72. The molecular weight excluding hydrogens is 324 g/mol. The van der Waals surface area contributed by atoms with E-state index in [0.717, 1.165) is 0 Å². The van der Waals surface area contributed by atoms with E-state index in [2.05, 4.69) is 69.9 Å². The summed E-state index contributed by atoms with van der Waals surface area (Å²) in [7, 11) is 0. The standard InChI is InChI=1S/C19H10O6.11H2/c1-2-3-4-5-6-7-8-9-10-11-12-13-14(20)15(21)18-16(22)17(23)19(24)25-18;;;;;;;;;;;/h1,15-18,21-23H,13H2;11*1H/t15-,16+,17-,18+;;;;;;;;;;;/m0.........../s1. The molecule has 1 heterocycles. The number of ketones is 1. The molecule has 3 N–H and O–H groups in total. The van der Waals surface area contributed by atoms with Gasteiger partial charge in [0.2, 0.25) is 0 Å². The van der Waals surface area contributed by atoms with E-state index < -0.39 is 36.2 Å². The fourth-order valence-electron chi connectivity index (χ4n) is 1.56. The lowest BCUT2D eigenvalue weighted by atomic mass is 10.0. The van der Waals surface area contributed by atoms with Gasteiger partial charge in [0, 0.05) is 15.7 Å². The molecule has 6 nitrogen and oxygen atoms in total. The van der Waals surface area contributed by atoms with E-state index in [1.807, 2.05) is 0 Å². The van der Waals surface area contributed by atoms with Crippen LogP contribution in [0.3, 0.4) is 0 Å². The van der Waals surface area contributed by atoms with E-state index in [1.165, 1.54) is 0 Å². The molecule has 0 saturated carbocycles. The topological polar surface area (TPSA) is 104 Å². The molecular formula is C19H32O6. The largest absolute Gasteiger partial charge is 0.454 e. The van der Waals surface area contributed by atoms with Crippen molar-refractivity contribution in [2.45, 2.75) is 30.8 Å². The Kier molecular flexibility index (Phi) is 7.93. The average Bonchev–Trinajstić information content (AvgIpc) is 2.86. The number of carbonyl (C=O) groups excluding carboxylic acids is 2. The summed E-state index contributed by atoms with van der Waals surface area (Å²) in [6.07, 6.45) is -2.29. The van der Waals surface area contributed by atoms with Crippen molar-refractivity contribution < 1.29 is 45.3 Å². The second kappa shape index (κ2) is 10.2. The van der Waals surface area contributed by atoms with Crippen LogP contribution in [0, 0.1) is 71.5 Å². The zero-order valence-electron chi connectivity index (χ0n) is 12.7. The summed E-state index contributed by atoms with van der Waals surface area (Å²) < 4.78 is 4.54. The van der Waals surface area contributed by atoms with E-state index >= 15 is 0 Å². The second-order valence-electron chi connectivity index (χ2n) is 4.37. The first-order chi connectivity index (χ1) is 12.0. The van der Waals surface area contributed by atoms with Crippen LogP contribution in [0.5, 0.6) is 0 Å². The molecule has 1 rings (SSSR count). The van der Waals surface area contributed by atoms with Gasteiger partial charge >= 0.3 is 5.97 Å². The molecule has 0 spiro atoms. The minimum atomic E-state index is -1.79. The first-order valence-corrected chi connectivity index (χ1v) is 6.70. The number of carbonyl (C=O) groups is 2. The Labute approximate surface area is 160 Å². The average molecular weight is 356 g/mol. The van der Waals surface area contributed by atoms with Crippen molar-refractivity contribution in [1.29, 1.82) is 0 Å². The monoisotopic (exact) mass is 356 g/mol. The molecule has 0 radical (unpaired) electrons. The zero-order valence-corrected chi connectivity index (χ0v) is 12.7.